The maximum atomic E-state index is 11.1. The second kappa shape index (κ2) is 6.20. The summed E-state index contributed by atoms with van der Waals surface area (Å²) in [5.41, 5.74) is 0.514. The Labute approximate surface area is 92.1 Å². The Hall–Kier alpha value is -1.34. The second-order valence-electron chi connectivity index (χ2n) is 2.89. The minimum absolute atomic E-state index is 0.388. The molecule has 0 N–H and O–H groups in total. The van der Waals surface area contributed by atoms with E-state index in [4.69, 9.17) is 10.00 Å². The number of hydrogen-bond acceptors (Lipinski definition) is 3. The summed E-state index contributed by atoms with van der Waals surface area (Å²) < 4.78 is 16.5. The molecule has 0 aromatic heterocycles. The number of benzene rings is 1. The Bertz CT molecular complexity index is 384. The largest absolute Gasteiger partial charge is 0.491 e. The van der Waals surface area contributed by atoms with E-state index in [9.17, 15) is 4.21 Å². The van der Waals surface area contributed by atoms with Gasteiger partial charge in [0, 0.05) is 16.6 Å². The quantitative estimate of drug-likeness (QED) is 0.763. The monoisotopic (exact) mass is 223 g/mol. The van der Waals surface area contributed by atoms with Crippen LogP contribution in [0.1, 0.15) is 12.5 Å². The molecule has 1 aromatic carbocycles. The molecule has 0 heterocycles. The van der Waals surface area contributed by atoms with Crippen molar-refractivity contribution < 1.29 is 8.95 Å². The third kappa shape index (κ3) is 3.72. The standard InChI is InChI=1S/C11H13NO2S/c1-2-15(13)8-7-14-11-6-4-3-5-10(11)9-12/h3-6H,2,7-8H2,1H3. The second-order valence-corrected chi connectivity index (χ2v) is 4.75. The lowest BCUT2D eigenvalue weighted by Gasteiger charge is -2.06. The number of nitrogens with zero attached hydrogens (tertiary/aromatic N) is 1. The maximum absolute atomic E-state index is 11.1. The Morgan fingerprint density at radius 3 is 2.87 bits per heavy atom. The van der Waals surface area contributed by atoms with Gasteiger partial charge in [-0.25, -0.2) is 0 Å². The molecule has 1 atom stereocenters. The van der Waals surface area contributed by atoms with E-state index in [-0.39, 0.29) is 0 Å². The molecule has 1 rings (SSSR count). The zero-order valence-electron chi connectivity index (χ0n) is 8.60. The van der Waals surface area contributed by atoms with Crippen LogP contribution in [0.2, 0.25) is 0 Å². The summed E-state index contributed by atoms with van der Waals surface area (Å²) in [5, 5.41) is 8.78. The molecule has 0 fully saturated rings. The van der Waals surface area contributed by atoms with E-state index in [1.54, 1.807) is 18.2 Å². The van der Waals surface area contributed by atoms with Crippen LogP contribution in [0.3, 0.4) is 0 Å². The Kier molecular flexibility index (Phi) is 4.85. The van der Waals surface area contributed by atoms with Crippen LogP contribution in [-0.2, 0) is 10.8 Å². The first-order valence-corrected chi connectivity index (χ1v) is 6.23. The highest BCUT2D eigenvalue weighted by atomic mass is 32.2. The Balaban J connectivity index is 2.51. The zero-order chi connectivity index (χ0) is 11.1. The van der Waals surface area contributed by atoms with Crippen LogP contribution < -0.4 is 4.74 Å². The molecule has 0 aliphatic heterocycles. The number of hydrogen-bond donors (Lipinski definition) is 0. The van der Waals surface area contributed by atoms with Gasteiger partial charge in [-0.1, -0.05) is 19.1 Å². The van der Waals surface area contributed by atoms with E-state index in [0.29, 0.717) is 29.4 Å². The lowest BCUT2D eigenvalue weighted by molar-refractivity contribution is 0.341. The molecule has 0 radical (unpaired) electrons. The van der Waals surface area contributed by atoms with Crippen molar-refractivity contribution in [2.75, 3.05) is 18.1 Å². The fourth-order valence-electron chi connectivity index (χ4n) is 1.07. The Morgan fingerprint density at radius 2 is 2.20 bits per heavy atom. The molecule has 1 unspecified atom stereocenters. The number of rotatable bonds is 5. The van der Waals surface area contributed by atoms with E-state index in [1.165, 1.54) is 0 Å². The summed E-state index contributed by atoms with van der Waals surface area (Å²) in [6.45, 7) is 2.26. The summed E-state index contributed by atoms with van der Waals surface area (Å²) in [7, 11) is -0.817. The van der Waals surface area contributed by atoms with Crippen molar-refractivity contribution >= 4 is 10.8 Å². The molecular weight excluding hydrogens is 210 g/mol. The van der Waals surface area contributed by atoms with Crippen LogP contribution in [0.4, 0.5) is 0 Å². The van der Waals surface area contributed by atoms with Crippen LogP contribution in [0.5, 0.6) is 5.75 Å². The Morgan fingerprint density at radius 1 is 1.47 bits per heavy atom. The van der Waals surface area contributed by atoms with Crippen molar-refractivity contribution in [2.45, 2.75) is 6.92 Å². The van der Waals surface area contributed by atoms with E-state index < -0.39 is 10.8 Å². The van der Waals surface area contributed by atoms with Gasteiger partial charge < -0.3 is 4.74 Å². The minimum atomic E-state index is -0.817. The molecule has 4 heteroatoms. The normalized spacial score (nSPS) is 11.7. The molecule has 0 saturated carbocycles. The highest BCUT2D eigenvalue weighted by Gasteiger charge is 2.02. The van der Waals surface area contributed by atoms with Crippen LogP contribution in [0.25, 0.3) is 0 Å². The van der Waals surface area contributed by atoms with Gasteiger partial charge in [-0.05, 0) is 12.1 Å². The molecule has 0 bridgehead atoms. The summed E-state index contributed by atoms with van der Waals surface area (Å²) in [6.07, 6.45) is 0. The lowest BCUT2D eigenvalue weighted by atomic mass is 10.2. The van der Waals surface area contributed by atoms with Crippen molar-refractivity contribution in [1.29, 1.82) is 5.26 Å². The smallest absolute Gasteiger partial charge is 0.137 e. The first kappa shape index (κ1) is 11.7. The van der Waals surface area contributed by atoms with Crippen LogP contribution in [-0.4, -0.2) is 22.3 Å². The van der Waals surface area contributed by atoms with Crippen molar-refractivity contribution in [1.82, 2.24) is 0 Å². The molecule has 0 spiro atoms. The van der Waals surface area contributed by atoms with Crippen LogP contribution >= 0.6 is 0 Å². The van der Waals surface area contributed by atoms with E-state index in [1.807, 2.05) is 19.1 Å². The molecule has 80 valence electrons. The average molecular weight is 223 g/mol. The van der Waals surface area contributed by atoms with Gasteiger partial charge in [-0.2, -0.15) is 5.26 Å². The van der Waals surface area contributed by atoms with Crippen molar-refractivity contribution in [2.24, 2.45) is 0 Å². The molecular formula is C11H13NO2S. The molecule has 0 saturated heterocycles. The molecule has 1 aromatic rings. The fraction of sp³-hybridized carbons (Fsp3) is 0.364. The van der Waals surface area contributed by atoms with Crippen molar-refractivity contribution in [3.8, 4) is 11.8 Å². The predicted octanol–water partition coefficient (Wildman–Crippen LogP) is 1.71. The molecule has 3 nitrogen and oxygen atoms in total. The van der Waals surface area contributed by atoms with Gasteiger partial charge in [0.1, 0.15) is 11.8 Å². The number of ether oxygens (including phenoxy) is 1. The fourth-order valence-corrected chi connectivity index (χ4v) is 1.63. The van der Waals surface area contributed by atoms with Crippen molar-refractivity contribution in [3.63, 3.8) is 0 Å². The van der Waals surface area contributed by atoms with E-state index in [2.05, 4.69) is 0 Å². The third-order valence-electron chi connectivity index (χ3n) is 1.90. The van der Waals surface area contributed by atoms with Gasteiger partial charge in [-0.15, -0.1) is 0 Å². The summed E-state index contributed by atoms with van der Waals surface area (Å²) in [4.78, 5) is 0. The van der Waals surface area contributed by atoms with E-state index in [0.717, 1.165) is 0 Å². The predicted molar refractivity (Wildman–Crippen MR) is 60.2 cm³/mol. The summed E-state index contributed by atoms with van der Waals surface area (Å²) >= 11 is 0. The van der Waals surface area contributed by atoms with Gasteiger partial charge in [0.15, 0.2) is 0 Å². The molecule has 15 heavy (non-hydrogen) atoms. The SMILES string of the molecule is CCS(=O)CCOc1ccccc1C#N. The molecule has 0 aliphatic carbocycles. The van der Waals surface area contributed by atoms with Gasteiger partial charge in [0.2, 0.25) is 0 Å². The summed E-state index contributed by atoms with van der Waals surface area (Å²) in [5.74, 6) is 1.72. The van der Waals surface area contributed by atoms with E-state index >= 15 is 0 Å². The zero-order valence-corrected chi connectivity index (χ0v) is 9.42. The highest BCUT2D eigenvalue weighted by Crippen LogP contribution is 2.16. The van der Waals surface area contributed by atoms with Crippen molar-refractivity contribution in [3.05, 3.63) is 29.8 Å². The molecule has 0 amide bonds. The number of para-hydroxylation sites is 1. The van der Waals surface area contributed by atoms with Gasteiger partial charge in [0.05, 0.1) is 17.9 Å². The first-order valence-electron chi connectivity index (χ1n) is 4.74. The average Bonchev–Trinajstić information content (AvgIpc) is 2.29. The first-order chi connectivity index (χ1) is 7.27. The minimum Gasteiger partial charge on any atom is -0.491 e. The maximum Gasteiger partial charge on any atom is 0.137 e. The van der Waals surface area contributed by atoms with Crippen LogP contribution in [0.15, 0.2) is 24.3 Å². The summed E-state index contributed by atoms with van der Waals surface area (Å²) in [6, 6.07) is 9.09. The van der Waals surface area contributed by atoms with Gasteiger partial charge in [0.25, 0.3) is 0 Å². The van der Waals surface area contributed by atoms with Crippen LogP contribution in [0, 0.1) is 11.3 Å². The lowest BCUT2D eigenvalue weighted by Crippen LogP contribution is -2.10. The topological polar surface area (TPSA) is 50.1 Å². The third-order valence-corrected chi connectivity index (χ3v) is 3.16. The highest BCUT2D eigenvalue weighted by molar-refractivity contribution is 7.84. The molecule has 0 aliphatic rings. The number of nitriles is 1. The van der Waals surface area contributed by atoms with Gasteiger partial charge in [-0.3, -0.25) is 4.21 Å². The van der Waals surface area contributed by atoms with Gasteiger partial charge >= 0.3 is 0 Å².